The van der Waals surface area contributed by atoms with E-state index in [-0.39, 0.29) is 6.42 Å². The maximum absolute atomic E-state index is 10.9. The molecule has 2 rings (SSSR count). The van der Waals surface area contributed by atoms with E-state index < -0.39 is 5.91 Å². The van der Waals surface area contributed by atoms with Crippen LogP contribution in [0.4, 0.5) is 0 Å². The van der Waals surface area contributed by atoms with Gasteiger partial charge in [0.25, 0.3) is 0 Å². The fourth-order valence-electron chi connectivity index (χ4n) is 1.39. The number of carbonyl (C=O) groups is 1. The van der Waals surface area contributed by atoms with Crippen LogP contribution < -0.4 is 5.73 Å². The molecule has 0 fully saturated rings. The Balaban J connectivity index is 2.48. The van der Waals surface area contributed by atoms with Crippen molar-refractivity contribution in [1.29, 1.82) is 0 Å². The van der Waals surface area contributed by atoms with E-state index in [9.17, 15) is 4.79 Å². The minimum atomic E-state index is -0.402. The number of carbonyl (C=O) groups excluding carboxylic acids is 1. The summed E-state index contributed by atoms with van der Waals surface area (Å²) in [6.45, 7) is 0. The molecule has 6 nitrogen and oxygen atoms in total. The predicted octanol–water partition coefficient (Wildman–Crippen LogP) is -0.0212. The number of hydrogen-bond acceptors (Lipinski definition) is 5. The summed E-state index contributed by atoms with van der Waals surface area (Å²) in [4.78, 5) is 10.9. The van der Waals surface area contributed by atoms with Crippen LogP contribution in [0.5, 0.6) is 0 Å². The highest BCUT2D eigenvalue weighted by Gasteiger charge is 2.10. The van der Waals surface area contributed by atoms with E-state index in [1.54, 1.807) is 12.1 Å². The molecule has 1 aromatic heterocycles. The summed E-state index contributed by atoms with van der Waals surface area (Å²) in [5.74, 6) is -0.402. The van der Waals surface area contributed by atoms with Gasteiger partial charge in [-0.3, -0.25) is 4.79 Å². The van der Waals surface area contributed by atoms with Gasteiger partial charge < -0.3 is 5.73 Å². The van der Waals surface area contributed by atoms with Crippen molar-refractivity contribution in [1.82, 2.24) is 20.2 Å². The zero-order chi connectivity index (χ0) is 11.5. The molecule has 1 heterocycles. The Kier molecular flexibility index (Phi) is 2.86. The third-order valence-electron chi connectivity index (χ3n) is 2.04. The van der Waals surface area contributed by atoms with Crippen LogP contribution in [-0.2, 0) is 11.2 Å². The maximum Gasteiger partial charge on any atom is 0.221 e. The Labute approximate surface area is 96.9 Å². The van der Waals surface area contributed by atoms with E-state index in [4.69, 9.17) is 5.73 Å². The lowest BCUT2D eigenvalue weighted by Crippen LogP contribution is -2.15. The highest BCUT2D eigenvalue weighted by molar-refractivity contribution is 7.80. The van der Waals surface area contributed by atoms with Gasteiger partial charge in [0.1, 0.15) is 0 Å². The van der Waals surface area contributed by atoms with Crippen molar-refractivity contribution in [3.8, 4) is 5.69 Å². The van der Waals surface area contributed by atoms with E-state index >= 15 is 0 Å². The van der Waals surface area contributed by atoms with Gasteiger partial charge >= 0.3 is 0 Å². The Bertz CT molecular complexity index is 524. The molecule has 16 heavy (non-hydrogen) atoms. The van der Waals surface area contributed by atoms with Crippen molar-refractivity contribution < 1.29 is 4.79 Å². The number of thiol groups is 1. The number of tetrazole rings is 1. The minimum Gasteiger partial charge on any atom is -0.369 e. The second-order valence-electron chi connectivity index (χ2n) is 3.16. The van der Waals surface area contributed by atoms with Gasteiger partial charge in [-0.05, 0) is 22.1 Å². The lowest BCUT2D eigenvalue weighted by molar-refractivity contribution is -0.117. The highest BCUT2D eigenvalue weighted by atomic mass is 32.1. The van der Waals surface area contributed by atoms with Crippen LogP contribution in [0.2, 0.25) is 0 Å². The van der Waals surface area contributed by atoms with Crippen LogP contribution in [0.3, 0.4) is 0 Å². The molecule has 82 valence electrons. The van der Waals surface area contributed by atoms with Crippen molar-refractivity contribution in [2.75, 3.05) is 0 Å². The Morgan fingerprint density at radius 2 is 2.19 bits per heavy atom. The highest BCUT2D eigenvalue weighted by Crippen LogP contribution is 2.16. The van der Waals surface area contributed by atoms with E-state index in [0.29, 0.717) is 10.8 Å². The predicted molar refractivity (Wildman–Crippen MR) is 59.3 cm³/mol. The van der Waals surface area contributed by atoms with Crippen LogP contribution >= 0.6 is 12.6 Å². The number of nitrogens with two attached hydrogens (primary N) is 1. The Morgan fingerprint density at radius 1 is 1.44 bits per heavy atom. The van der Waals surface area contributed by atoms with Crippen LogP contribution in [-0.4, -0.2) is 26.1 Å². The van der Waals surface area contributed by atoms with Gasteiger partial charge in [0.2, 0.25) is 11.1 Å². The second kappa shape index (κ2) is 4.31. The molecule has 0 aliphatic heterocycles. The summed E-state index contributed by atoms with van der Waals surface area (Å²) in [7, 11) is 0. The molecule has 0 saturated heterocycles. The number of benzene rings is 1. The summed E-state index contributed by atoms with van der Waals surface area (Å²) in [6.07, 6.45) is 0.142. The number of primary amides is 1. The summed E-state index contributed by atoms with van der Waals surface area (Å²) >= 11 is 4.11. The van der Waals surface area contributed by atoms with Gasteiger partial charge in [-0.1, -0.05) is 18.2 Å². The van der Waals surface area contributed by atoms with E-state index in [1.165, 1.54) is 4.68 Å². The van der Waals surface area contributed by atoms with Gasteiger partial charge in [0.15, 0.2) is 0 Å². The van der Waals surface area contributed by atoms with Crippen molar-refractivity contribution in [3.05, 3.63) is 29.8 Å². The molecule has 2 aromatic rings. The topological polar surface area (TPSA) is 86.7 Å². The first-order valence-electron chi connectivity index (χ1n) is 4.52. The van der Waals surface area contributed by atoms with Crippen molar-refractivity contribution in [2.45, 2.75) is 11.6 Å². The van der Waals surface area contributed by atoms with Crippen LogP contribution in [0.15, 0.2) is 29.4 Å². The van der Waals surface area contributed by atoms with Crippen molar-refractivity contribution in [2.24, 2.45) is 5.73 Å². The molecule has 0 radical (unpaired) electrons. The van der Waals surface area contributed by atoms with Gasteiger partial charge in [0.05, 0.1) is 12.1 Å². The van der Waals surface area contributed by atoms with Gasteiger partial charge in [-0.15, -0.1) is 17.7 Å². The molecular weight excluding hydrogens is 226 g/mol. The largest absolute Gasteiger partial charge is 0.369 e. The summed E-state index contributed by atoms with van der Waals surface area (Å²) in [5.41, 5.74) is 6.63. The van der Waals surface area contributed by atoms with E-state index in [0.717, 1.165) is 5.56 Å². The quantitative estimate of drug-likeness (QED) is 0.732. The van der Waals surface area contributed by atoms with E-state index in [2.05, 4.69) is 28.2 Å². The van der Waals surface area contributed by atoms with Crippen LogP contribution in [0, 0.1) is 0 Å². The second-order valence-corrected chi connectivity index (χ2v) is 3.56. The fourth-order valence-corrected chi connectivity index (χ4v) is 1.58. The first kappa shape index (κ1) is 10.6. The molecule has 0 atom stereocenters. The van der Waals surface area contributed by atoms with Crippen molar-refractivity contribution in [3.63, 3.8) is 0 Å². The Hall–Kier alpha value is -1.89. The molecule has 1 aromatic carbocycles. The standard InChI is InChI=1S/C9H9N5OS/c10-8(15)5-6-3-1-2-4-7(6)14-9(16)11-12-13-14/h1-4H,5H2,(H2,10,15)(H,11,13,16). The molecule has 7 heteroatoms. The first-order chi connectivity index (χ1) is 7.68. The smallest absolute Gasteiger partial charge is 0.221 e. The molecule has 0 saturated carbocycles. The number of rotatable bonds is 3. The normalized spacial score (nSPS) is 10.3. The monoisotopic (exact) mass is 235 g/mol. The molecule has 0 unspecified atom stereocenters. The Morgan fingerprint density at radius 3 is 2.81 bits per heavy atom. The van der Waals surface area contributed by atoms with Gasteiger partial charge in [-0.2, -0.15) is 4.68 Å². The molecule has 0 aliphatic rings. The first-order valence-corrected chi connectivity index (χ1v) is 4.97. The number of nitrogens with zero attached hydrogens (tertiary/aromatic N) is 4. The van der Waals surface area contributed by atoms with Crippen LogP contribution in [0.25, 0.3) is 5.69 Å². The lowest BCUT2D eigenvalue weighted by atomic mass is 10.1. The third-order valence-corrected chi connectivity index (χ3v) is 2.32. The van der Waals surface area contributed by atoms with Crippen molar-refractivity contribution >= 4 is 18.5 Å². The lowest BCUT2D eigenvalue weighted by Gasteiger charge is -2.07. The SMILES string of the molecule is NC(=O)Cc1ccccc1-n1nnnc1S. The molecule has 1 amide bonds. The molecule has 0 aliphatic carbocycles. The number of aromatic nitrogens is 4. The zero-order valence-electron chi connectivity index (χ0n) is 8.24. The maximum atomic E-state index is 10.9. The number of hydrogen-bond donors (Lipinski definition) is 2. The zero-order valence-corrected chi connectivity index (χ0v) is 9.13. The molecule has 0 spiro atoms. The van der Waals surface area contributed by atoms with E-state index in [1.807, 2.05) is 12.1 Å². The van der Waals surface area contributed by atoms with Crippen LogP contribution in [0.1, 0.15) is 5.56 Å². The summed E-state index contributed by atoms with van der Waals surface area (Å²) in [6, 6.07) is 7.25. The average molecular weight is 235 g/mol. The average Bonchev–Trinajstić information content (AvgIpc) is 2.64. The summed E-state index contributed by atoms with van der Waals surface area (Å²) < 4.78 is 1.45. The number of amides is 1. The minimum absolute atomic E-state index is 0.142. The molecule has 0 bridgehead atoms. The van der Waals surface area contributed by atoms with Gasteiger partial charge in [0, 0.05) is 0 Å². The number of para-hydroxylation sites is 1. The molecule has 2 N–H and O–H groups in total. The van der Waals surface area contributed by atoms with Gasteiger partial charge in [-0.25, -0.2) is 0 Å². The summed E-state index contributed by atoms with van der Waals surface area (Å²) in [5, 5.41) is 11.3. The third kappa shape index (κ3) is 2.03. The molecular formula is C9H9N5OS. The fraction of sp³-hybridized carbons (Fsp3) is 0.111.